The summed E-state index contributed by atoms with van der Waals surface area (Å²) in [4.78, 5) is 33.4. The van der Waals surface area contributed by atoms with E-state index in [1.165, 1.54) is 0 Å². The Morgan fingerprint density at radius 3 is 2.38 bits per heavy atom. The van der Waals surface area contributed by atoms with Crippen LogP contribution in [0, 0.1) is 0 Å². The molecule has 2 amide bonds. The van der Waals surface area contributed by atoms with Gasteiger partial charge in [0.1, 0.15) is 6.54 Å². The topological polar surface area (TPSA) is 105 Å². The van der Waals surface area contributed by atoms with Gasteiger partial charge in [-0.2, -0.15) is 0 Å². The van der Waals surface area contributed by atoms with Crippen molar-refractivity contribution in [2.75, 3.05) is 18.5 Å². The number of carbonyl (C=O) groups is 3. The van der Waals surface area contributed by atoms with Crippen LogP contribution >= 0.6 is 0 Å². The molecule has 1 rings (SSSR count). The molecule has 1 atom stereocenters. The lowest BCUT2D eigenvalue weighted by Crippen LogP contribution is -2.34. The second-order valence-electron chi connectivity index (χ2n) is 4.29. The van der Waals surface area contributed by atoms with Gasteiger partial charge in [0, 0.05) is 5.69 Å². The van der Waals surface area contributed by atoms with Gasteiger partial charge < -0.3 is 20.5 Å². The summed E-state index contributed by atoms with van der Waals surface area (Å²) in [6.07, 6.45) is 0. The molecule has 0 aromatic heterocycles. The van der Waals surface area contributed by atoms with Gasteiger partial charge in [0.15, 0.2) is 0 Å². The zero-order valence-corrected chi connectivity index (χ0v) is 11.9. The van der Waals surface area contributed by atoms with Crippen LogP contribution in [0.25, 0.3) is 0 Å². The predicted molar refractivity (Wildman–Crippen MR) is 76.1 cm³/mol. The van der Waals surface area contributed by atoms with Crippen LogP contribution in [0.1, 0.15) is 25.3 Å². The Morgan fingerprint density at radius 1 is 1.24 bits per heavy atom. The van der Waals surface area contributed by atoms with Crippen LogP contribution in [0.5, 0.6) is 0 Å². The molecule has 0 spiro atoms. The number of carboxylic acids is 1. The van der Waals surface area contributed by atoms with Crippen LogP contribution in [-0.2, 0) is 14.3 Å². The van der Waals surface area contributed by atoms with E-state index < -0.39 is 23.9 Å². The minimum Gasteiger partial charge on any atom is -0.481 e. The fourth-order valence-electron chi connectivity index (χ4n) is 1.54. The molecule has 3 N–H and O–H groups in total. The number of urea groups is 1. The van der Waals surface area contributed by atoms with Gasteiger partial charge in [-0.25, -0.2) is 4.79 Å². The first-order valence-corrected chi connectivity index (χ1v) is 6.47. The van der Waals surface area contributed by atoms with E-state index >= 15 is 0 Å². The Hall–Kier alpha value is -2.57. The maximum absolute atomic E-state index is 11.5. The lowest BCUT2D eigenvalue weighted by Gasteiger charge is -2.09. The Balaban J connectivity index is 2.50. The molecule has 0 bridgehead atoms. The van der Waals surface area contributed by atoms with Crippen molar-refractivity contribution in [3.8, 4) is 0 Å². The number of ether oxygens (including phenoxy) is 1. The van der Waals surface area contributed by atoms with Crippen LogP contribution in [0.4, 0.5) is 10.5 Å². The average molecular weight is 294 g/mol. The van der Waals surface area contributed by atoms with Gasteiger partial charge >= 0.3 is 18.0 Å². The van der Waals surface area contributed by atoms with Crippen molar-refractivity contribution in [1.82, 2.24) is 5.32 Å². The first kappa shape index (κ1) is 16.5. The van der Waals surface area contributed by atoms with E-state index in [9.17, 15) is 14.4 Å². The fraction of sp³-hybridized carbons (Fsp3) is 0.357. The van der Waals surface area contributed by atoms with Crippen LogP contribution in [-0.4, -0.2) is 36.2 Å². The smallest absolute Gasteiger partial charge is 0.325 e. The monoisotopic (exact) mass is 294 g/mol. The van der Waals surface area contributed by atoms with Crippen LogP contribution in [0.15, 0.2) is 24.3 Å². The number of rotatable bonds is 6. The number of nitrogens with one attached hydrogen (secondary N) is 2. The third-order valence-electron chi connectivity index (χ3n) is 2.74. The maximum Gasteiger partial charge on any atom is 0.325 e. The van der Waals surface area contributed by atoms with Gasteiger partial charge in [0.25, 0.3) is 0 Å². The highest BCUT2D eigenvalue weighted by molar-refractivity contribution is 5.91. The van der Waals surface area contributed by atoms with Crippen molar-refractivity contribution >= 4 is 23.7 Å². The molecule has 0 radical (unpaired) electrons. The quantitative estimate of drug-likeness (QED) is 0.691. The summed E-state index contributed by atoms with van der Waals surface area (Å²) in [5.41, 5.74) is 1.14. The van der Waals surface area contributed by atoms with Crippen molar-refractivity contribution in [3.05, 3.63) is 29.8 Å². The molecule has 7 nitrogen and oxygen atoms in total. The van der Waals surface area contributed by atoms with Crippen molar-refractivity contribution in [3.63, 3.8) is 0 Å². The number of hydrogen-bond acceptors (Lipinski definition) is 4. The van der Waals surface area contributed by atoms with Gasteiger partial charge in [-0.3, -0.25) is 9.59 Å². The zero-order chi connectivity index (χ0) is 15.8. The van der Waals surface area contributed by atoms with Gasteiger partial charge in [-0.1, -0.05) is 12.1 Å². The molecule has 0 saturated heterocycles. The number of esters is 1. The predicted octanol–water partition coefficient (Wildman–Crippen LogP) is 1.56. The number of anilines is 1. The first-order valence-electron chi connectivity index (χ1n) is 6.47. The van der Waals surface area contributed by atoms with E-state index in [2.05, 4.69) is 15.4 Å². The second kappa shape index (κ2) is 7.88. The molecule has 0 aliphatic heterocycles. The van der Waals surface area contributed by atoms with Crippen LogP contribution < -0.4 is 10.6 Å². The molecular weight excluding hydrogens is 276 g/mol. The number of benzene rings is 1. The normalized spacial score (nSPS) is 11.3. The number of aliphatic carboxylic acids is 1. The first-order chi connectivity index (χ1) is 9.93. The lowest BCUT2D eigenvalue weighted by molar-refractivity contribution is -0.142. The van der Waals surface area contributed by atoms with Crippen LogP contribution in [0.2, 0.25) is 0 Å². The number of carboxylic acid groups (broad SMARTS) is 1. The molecule has 1 unspecified atom stereocenters. The van der Waals surface area contributed by atoms with Gasteiger partial charge in [0.05, 0.1) is 12.5 Å². The van der Waals surface area contributed by atoms with Crippen molar-refractivity contribution in [2.24, 2.45) is 0 Å². The highest BCUT2D eigenvalue weighted by atomic mass is 16.5. The molecule has 1 aromatic rings. The molecular formula is C14H18N2O5. The number of amides is 2. The molecule has 1 aromatic carbocycles. The molecule has 114 valence electrons. The standard InChI is InChI=1S/C14H18N2O5/c1-3-21-12(17)8-15-14(20)16-11-6-4-10(5-7-11)9(2)13(18)19/h4-7,9H,3,8H2,1-2H3,(H,18,19)(H2,15,16,20). The molecule has 0 aliphatic carbocycles. The minimum absolute atomic E-state index is 0.214. The highest BCUT2D eigenvalue weighted by Crippen LogP contribution is 2.18. The Morgan fingerprint density at radius 2 is 1.86 bits per heavy atom. The van der Waals surface area contributed by atoms with E-state index in [1.807, 2.05) is 0 Å². The molecule has 21 heavy (non-hydrogen) atoms. The summed E-state index contributed by atoms with van der Waals surface area (Å²) < 4.78 is 4.67. The van der Waals surface area contributed by atoms with E-state index in [-0.39, 0.29) is 13.2 Å². The zero-order valence-electron chi connectivity index (χ0n) is 11.9. The summed E-state index contributed by atoms with van der Waals surface area (Å²) in [6.45, 7) is 3.30. The third-order valence-corrected chi connectivity index (χ3v) is 2.74. The van der Waals surface area contributed by atoms with E-state index in [0.29, 0.717) is 11.3 Å². The summed E-state index contributed by atoms with van der Waals surface area (Å²) in [5, 5.41) is 13.8. The van der Waals surface area contributed by atoms with Crippen molar-refractivity contribution < 1.29 is 24.2 Å². The number of hydrogen-bond donors (Lipinski definition) is 3. The molecule has 7 heteroatoms. The third kappa shape index (κ3) is 5.52. The van der Waals surface area contributed by atoms with Crippen LogP contribution in [0.3, 0.4) is 0 Å². The van der Waals surface area contributed by atoms with Gasteiger partial charge in [-0.15, -0.1) is 0 Å². The fourth-order valence-corrected chi connectivity index (χ4v) is 1.54. The average Bonchev–Trinajstić information content (AvgIpc) is 2.45. The maximum atomic E-state index is 11.5. The van der Waals surface area contributed by atoms with E-state index in [4.69, 9.17) is 5.11 Å². The molecule has 0 aliphatic rings. The molecule has 0 fully saturated rings. The van der Waals surface area contributed by atoms with E-state index in [1.54, 1.807) is 38.1 Å². The molecule has 0 saturated carbocycles. The minimum atomic E-state index is -0.914. The Bertz CT molecular complexity index is 513. The summed E-state index contributed by atoms with van der Waals surface area (Å²) in [7, 11) is 0. The highest BCUT2D eigenvalue weighted by Gasteiger charge is 2.13. The second-order valence-corrected chi connectivity index (χ2v) is 4.29. The lowest BCUT2D eigenvalue weighted by atomic mass is 10.0. The SMILES string of the molecule is CCOC(=O)CNC(=O)Nc1ccc(C(C)C(=O)O)cc1. The van der Waals surface area contributed by atoms with Crippen molar-refractivity contribution in [2.45, 2.75) is 19.8 Å². The van der Waals surface area contributed by atoms with Gasteiger partial charge in [-0.05, 0) is 31.5 Å². The largest absolute Gasteiger partial charge is 0.481 e. The Labute approximate surface area is 122 Å². The van der Waals surface area contributed by atoms with Gasteiger partial charge in [0.2, 0.25) is 0 Å². The number of carbonyl (C=O) groups excluding carboxylic acids is 2. The summed E-state index contributed by atoms with van der Waals surface area (Å²) in [5.74, 6) is -2.04. The Kier molecular flexibility index (Phi) is 6.19. The van der Waals surface area contributed by atoms with E-state index in [0.717, 1.165) is 0 Å². The molecule has 0 heterocycles. The summed E-state index contributed by atoms with van der Waals surface area (Å²) >= 11 is 0. The summed E-state index contributed by atoms with van der Waals surface area (Å²) in [6, 6.07) is 5.90. The van der Waals surface area contributed by atoms with Crippen molar-refractivity contribution in [1.29, 1.82) is 0 Å².